The Bertz CT molecular complexity index is 545. The summed E-state index contributed by atoms with van der Waals surface area (Å²) in [5.74, 6) is 0. The highest BCUT2D eigenvalue weighted by Gasteiger charge is 2.37. The van der Waals surface area contributed by atoms with Crippen molar-refractivity contribution in [2.75, 3.05) is 6.54 Å². The average Bonchev–Trinajstić information content (AvgIpc) is 3.29. The van der Waals surface area contributed by atoms with Crippen molar-refractivity contribution in [2.45, 2.75) is 55.4 Å². The molecule has 0 amide bonds. The van der Waals surface area contributed by atoms with Crippen LogP contribution in [0.4, 0.5) is 0 Å². The largest absolute Gasteiger partial charge is 0.310 e. The highest BCUT2D eigenvalue weighted by molar-refractivity contribution is 7.91. The van der Waals surface area contributed by atoms with Crippen LogP contribution in [0, 0.1) is 0 Å². The van der Waals surface area contributed by atoms with E-state index in [2.05, 4.69) is 5.32 Å². The SMILES string of the molecule is CCN(C1CC1)S(=O)(=O)c1cc(CNC2CC2)cs1. The van der Waals surface area contributed by atoms with E-state index in [1.807, 2.05) is 18.4 Å². The maximum Gasteiger partial charge on any atom is 0.252 e. The van der Waals surface area contributed by atoms with Crippen molar-refractivity contribution >= 4 is 21.4 Å². The fraction of sp³-hybridized carbons (Fsp3) is 0.692. The van der Waals surface area contributed by atoms with Crippen LogP contribution in [0.3, 0.4) is 0 Å². The second-order valence-corrected chi connectivity index (χ2v) is 8.40. The van der Waals surface area contributed by atoms with Gasteiger partial charge in [-0.15, -0.1) is 11.3 Å². The minimum atomic E-state index is -3.27. The van der Waals surface area contributed by atoms with Crippen molar-refractivity contribution in [3.63, 3.8) is 0 Å². The van der Waals surface area contributed by atoms with Gasteiger partial charge in [0.1, 0.15) is 4.21 Å². The van der Waals surface area contributed by atoms with E-state index in [0.717, 1.165) is 24.9 Å². The van der Waals surface area contributed by atoms with Crippen molar-refractivity contribution < 1.29 is 8.42 Å². The number of sulfonamides is 1. The van der Waals surface area contributed by atoms with Crippen molar-refractivity contribution in [1.82, 2.24) is 9.62 Å². The topological polar surface area (TPSA) is 49.4 Å². The maximum atomic E-state index is 12.5. The summed E-state index contributed by atoms with van der Waals surface area (Å²) < 4.78 is 27.2. The lowest BCUT2D eigenvalue weighted by molar-refractivity contribution is 0.422. The van der Waals surface area contributed by atoms with Gasteiger partial charge in [-0.05, 0) is 42.7 Å². The Kier molecular flexibility index (Phi) is 3.68. The zero-order valence-electron chi connectivity index (χ0n) is 11.1. The van der Waals surface area contributed by atoms with Gasteiger partial charge in [-0.3, -0.25) is 0 Å². The Morgan fingerprint density at radius 2 is 2.11 bits per heavy atom. The van der Waals surface area contributed by atoms with E-state index in [4.69, 9.17) is 0 Å². The third-order valence-corrected chi connectivity index (χ3v) is 7.12. The lowest BCUT2D eigenvalue weighted by Crippen LogP contribution is -2.32. The van der Waals surface area contributed by atoms with Gasteiger partial charge in [-0.2, -0.15) is 4.31 Å². The molecule has 0 unspecified atom stereocenters. The molecular formula is C13H20N2O2S2. The zero-order valence-corrected chi connectivity index (χ0v) is 12.8. The first kappa shape index (κ1) is 13.5. The van der Waals surface area contributed by atoms with Crippen LogP contribution in [-0.4, -0.2) is 31.4 Å². The molecule has 0 atom stereocenters. The molecule has 0 bridgehead atoms. The molecule has 0 saturated heterocycles. The first-order chi connectivity index (χ1) is 9.11. The molecule has 106 valence electrons. The number of nitrogens with zero attached hydrogens (tertiary/aromatic N) is 1. The smallest absolute Gasteiger partial charge is 0.252 e. The summed E-state index contributed by atoms with van der Waals surface area (Å²) in [4.78, 5) is 0. The van der Waals surface area contributed by atoms with E-state index in [1.165, 1.54) is 24.2 Å². The van der Waals surface area contributed by atoms with Crippen LogP contribution >= 0.6 is 11.3 Å². The Hall–Kier alpha value is -0.430. The van der Waals surface area contributed by atoms with Crippen LogP contribution in [0.25, 0.3) is 0 Å². The second-order valence-electron chi connectivity index (χ2n) is 5.37. The fourth-order valence-electron chi connectivity index (χ4n) is 2.23. The Morgan fingerprint density at radius 3 is 2.68 bits per heavy atom. The number of hydrogen-bond acceptors (Lipinski definition) is 4. The minimum absolute atomic E-state index is 0.241. The molecule has 1 heterocycles. The van der Waals surface area contributed by atoms with Gasteiger partial charge in [0.2, 0.25) is 0 Å². The molecule has 2 aliphatic rings. The molecule has 4 nitrogen and oxygen atoms in total. The average molecular weight is 300 g/mol. The van der Waals surface area contributed by atoms with E-state index >= 15 is 0 Å². The van der Waals surface area contributed by atoms with Gasteiger partial charge in [-0.25, -0.2) is 8.42 Å². The third-order valence-electron chi connectivity index (χ3n) is 3.63. The molecule has 1 aromatic rings. The monoisotopic (exact) mass is 300 g/mol. The molecule has 0 radical (unpaired) electrons. The van der Waals surface area contributed by atoms with Crippen LogP contribution < -0.4 is 5.32 Å². The fourth-order valence-corrected chi connectivity index (χ4v) is 5.26. The van der Waals surface area contributed by atoms with E-state index in [1.54, 1.807) is 4.31 Å². The van der Waals surface area contributed by atoms with Crippen molar-refractivity contribution in [3.8, 4) is 0 Å². The van der Waals surface area contributed by atoms with Crippen LogP contribution in [0.15, 0.2) is 15.7 Å². The maximum absolute atomic E-state index is 12.5. The molecule has 2 aliphatic carbocycles. The van der Waals surface area contributed by atoms with Gasteiger partial charge in [-0.1, -0.05) is 6.92 Å². The Balaban J connectivity index is 1.72. The van der Waals surface area contributed by atoms with Crippen LogP contribution in [-0.2, 0) is 16.6 Å². The summed E-state index contributed by atoms with van der Waals surface area (Å²) in [6.07, 6.45) is 4.52. The zero-order chi connectivity index (χ0) is 13.5. The lowest BCUT2D eigenvalue weighted by Gasteiger charge is -2.18. The molecule has 0 aromatic carbocycles. The van der Waals surface area contributed by atoms with Crippen LogP contribution in [0.1, 0.15) is 38.2 Å². The van der Waals surface area contributed by atoms with Crippen LogP contribution in [0.5, 0.6) is 0 Å². The van der Waals surface area contributed by atoms with Gasteiger partial charge in [0.25, 0.3) is 10.0 Å². The molecule has 1 aromatic heterocycles. The van der Waals surface area contributed by atoms with Crippen molar-refractivity contribution in [1.29, 1.82) is 0 Å². The predicted octanol–water partition coefficient (Wildman–Crippen LogP) is 2.17. The summed E-state index contributed by atoms with van der Waals surface area (Å²) in [6.45, 7) is 3.27. The summed E-state index contributed by atoms with van der Waals surface area (Å²) in [5.41, 5.74) is 1.09. The summed E-state index contributed by atoms with van der Waals surface area (Å²) in [7, 11) is -3.27. The molecule has 0 aliphatic heterocycles. The lowest BCUT2D eigenvalue weighted by atomic mass is 10.3. The van der Waals surface area contributed by atoms with E-state index < -0.39 is 10.0 Å². The molecule has 3 rings (SSSR count). The standard InChI is InChI=1S/C13H20N2O2S2/c1-2-15(12-5-6-12)19(16,17)13-7-10(9-18-13)8-14-11-3-4-11/h7,9,11-12,14H,2-6,8H2,1H3. The highest BCUT2D eigenvalue weighted by atomic mass is 32.2. The minimum Gasteiger partial charge on any atom is -0.310 e. The number of thiophene rings is 1. The quantitative estimate of drug-likeness (QED) is 0.839. The van der Waals surface area contributed by atoms with Gasteiger partial charge in [0.15, 0.2) is 0 Å². The predicted molar refractivity (Wildman–Crippen MR) is 76.8 cm³/mol. The number of hydrogen-bond donors (Lipinski definition) is 1. The molecule has 19 heavy (non-hydrogen) atoms. The van der Waals surface area contributed by atoms with Crippen LogP contribution in [0.2, 0.25) is 0 Å². The van der Waals surface area contributed by atoms with Gasteiger partial charge in [0.05, 0.1) is 0 Å². The normalized spacial score (nSPS) is 20.1. The Morgan fingerprint density at radius 1 is 1.37 bits per heavy atom. The van der Waals surface area contributed by atoms with Gasteiger partial charge < -0.3 is 5.32 Å². The first-order valence-electron chi connectivity index (χ1n) is 6.94. The molecular weight excluding hydrogens is 280 g/mol. The van der Waals surface area contributed by atoms with Crippen molar-refractivity contribution in [3.05, 3.63) is 17.0 Å². The summed E-state index contributed by atoms with van der Waals surface area (Å²) >= 11 is 1.35. The van der Waals surface area contributed by atoms with E-state index in [-0.39, 0.29) is 6.04 Å². The molecule has 1 N–H and O–H groups in total. The van der Waals surface area contributed by atoms with E-state index in [9.17, 15) is 8.42 Å². The molecule has 0 spiro atoms. The highest BCUT2D eigenvalue weighted by Crippen LogP contribution is 2.33. The number of nitrogens with one attached hydrogen (secondary N) is 1. The Labute approximate surface area is 118 Å². The molecule has 2 saturated carbocycles. The summed E-state index contributed by atoms with van der Waals surface area (Å²) in [5, 5.41) is 5.38. The van der Waals surface area contributed by atoms with Gasteiger partial charge >= 0.3 is 0 Å². The van der Waals surface area contributed by atoms with E-state index in [0.29, 0.717) is 16.8 Å². The first-order valence-corrected chi connectivity index (χ1v) is 9.26. The molecule has 2 fully saturated rings. The second kappa shape index (κ2) is 5.16. The number of rotatable bonds is 7. The van der Waals surface area contributed by atoms with Gasteiger partial charge in [0, 0.05) is 25.2 Å². The molecule has 6 heteroatoms. The summed E-state index contributed by atoms with van der Waals surface area (Å²) in [6, 6.07) is 2.73. The van der Waals surface area contributed by atoms with Crippen molar-refractivity contribution in [2.24, 2.45) is 0 Å². The third kappa shape index (κ3) is 3.02.